The van der Waals surface area contributed by atoms with Crippen LogP contribution in [0.2, 0.25) is 0 Å². The number of alkyl halides is 3. The number of anilines is 1. The highest BCUT2D eigenvalue weighted by Gasteiger charge is 2.47. The molecule has 0 saturated carbocycles. The molecule has 13 nitrogen and oxygen atoms in total. The van der Waals surface area contributed by atoms with Gasteiger partial charge in [0.15, 0.2) is 11.6 Å². The van der Waals surface area contributed by atoms with Crippen molar-refractivity contribution in [3.8, 4) is 0 Å². The molecule has 1 aromatic rings. The summed E-state index contributed by atoms with van der Waals surface area (Å²) < 4.78 is 47.2. The zero-order valence-corrected chi connectivity index (χ0v) is 21.8. The van der Waals surface area contributed by atoms with Gasteiger partial charge in [0.1, 0.15) is 11.9 Å². The van der Waals surface area contributed by atoms with Crippen LogP contribution >= 0.6 is 0 Å². The average Bonchev–Trinajstić information content (AvgIpc) is 3.62. The van der Waals surface area contributed by atoms with Crippen molar-refractivity contribution in [1.82, 2.24) is 14.7 Å². The molecule has 2 fully saturated rings. The van der Waals surface area contributed by atoms with E-state index in [2.05, 4.69) is 10.4 Å². The standard InChI is InChI=1S/C18H25F3N4O2.C6H8O7/c1-2-11-9-15(18(19,20)21)25-16(22-11)10-12(23-25)13-5-3-7-24(13)17(26)14-6-4-8-27-14;7-3(8)1-6(13,5(11)12)2-4(9)10/h10-11,13-15,22H,2-9H2,1H3;13H,1-2H2,(H,7,8)(H,9,10)(H,11,12)/t11-,13?,14?,15-;/m1./s1. The van der Waals surface area contributed by atoms with Crippen molar-refractivity contribution in [2.45, 2.75) is 94.3 Å². The molecule has 0 aliphatic carbocycles. The number of aliphatic hydroxyl groups is 1. The molecule has 1 aromatic heterocycles. The van der Waals surface area contributed by atoms with Gasteiger partial charge in [0.25, 0.3) is 5.91 Å². The average molecular weight is 579 g/mol. The van der Waals surface area contributed by atoms with Crippen LogP contribution in [0.25, 0.3) is 0 Å². The lowest BCUT2D eigenvalue weighted by atomic mass is 9.96. The summed E-state index contributed by atoms with van der Waals surface area (Å²) in [6.45, 7) is 3.06. The minimum atomic E-state index is -4.35. The van der Waals surface area contributed by atoms with Crippen molar-refractivity contribution in [1.29, 1.82) is 0 Å². The number of carbonyl (C=O) groups excluding carboxylic acids is 1. The topological polar surface area (TPSA) is 192 Å². The van der Waals surface area contributed by atoms with E-state index in [0.717, 1.165) is 17.5 Å². The Hall–Kier alpha value is -3.40. The Labute approximate surface area is 226 Å². The summed E-state index contributed by atoms with van der Waals surface area (Å²) in [6.07, 6.45) is -3.38. The van der Waals surface area contributed by atoms with E-state index < -0.39 is 54.7 Å². The van der Waals surface area contributed by atoms with Crippen LogP contribution in [0.4, 0.5) is 19.0 Å². The molecule has 1 amide bonds. The number of amides is 1. The second-order valence-corrected chi connectivity index (χ2v) is 10.1. The Morgan fingerprint density at radius 1 is 1.10 bits per heavy atom. The SMILES string of the molecule is CC[C@@H]1C[C@H](C(F)(F)F)n2nc(C3CCCN3C(=O)C3CCCO3)cc2N1.O=C(O)CC(O)(CC(=O)O)C(=O)O. The van der Waals surface area contributed by atoms with Gasteiger partial charge in [-0.05, 0) is 38.5 Å². The Bertz CT molecular complexity index is 1090. The molecule has 224 valence electrons. The van der Waals surface area contributed by atoms with Gasteiger partial charge in [-0.15, -0.1) is 0 Å². The smallest absolute Gasteiger partial charge is 0.410 e. The first-order chi connectivity index (χ1) is 18.7. The highest BCUT2D eigenvalue weighted by Crippen LogP contribution is 2.42. The Morgan fingerprint density at radius 2 is 1.75 bits per heavy atom. The lowest BCUT2D eigenvalue weighted by Crippen LogP contribution is -2.42. The van der Waals surface area contributed by atoms with E-state index in [-0.39, 0.29) is 24.4 Å². The van der Waals surface area contributed by atoms with Crippen LogP contribution in [0, 0.1) is 0 Å². The second-order valence-electron chi connectivity index (χ2n) is 10.1. The summed E-state index contributed by atoms with van der Waals surface area (Å²) in [4.78, 5) is 45.0. The summed E-state index contributed by atoms with van der Waals surface area (Å²) in [7, 11) is 0. The molecular weight excluding hydrogens is 545 g/mol. The first kappa shape index (κ1) is 31.1. The molecule has 0 radical (unpaired) electrons. The van der Waals surface area contributed by atoms with Gasteiger partial charge in [-0.3, -0.25) is 14.4 Å². The Kier molecular flexibility index (Phi) is 9.66. The summed E-state index contributed by atoms with van der Waals surface area (Å²) in [5.74, 6) is -4.69. The number of halogens is 3. The lowest BCUT2D eigenvalue weighted by Gasteiger charge is -2.32. The maximum Gasteiger partial charge on any atom is 0.410 e. The molecular formula is C24H33F3N4O9. The minimum Gasteiger partial charge on any atom is -0.481 e. The van der Waals surface area contributed by atoms with Crippen LogP contribution in [0.5, 0.6) is 0 Å². The van der Waals surface area contributed by atoms with Crippen LogP contribution < -0.4 is 5.32 Å². The number of hydrogen-bond donors (Lipinski definition) is 5. The van der Waals surface area contributed by atoms with Gasteiger partial charge < -0.3 is 35.4 Å². The number of ether oxygens (including phenoxy) is 1. The van der Waals surface area contributed by atoms with Crippen molar-refractivity contribution in [2.75, 3.05) is 18.5 Å². The molecule has 40 heavy (non-hydrogen) atoms. The van der Waals surface area contributed by atoms with E-state index in [9.17, 15) is 32.3 Å². The highest BCUT2D eigenvalue weighted by molar-refractivity contribution is 5.88. The predicted molar refractivity (Wildman–Crippen MR) is 129 cm³/mol. The van der Waals surface area contributed by atoms with E-state index in [1.54, 1.807) is 11.0 Å². The number of nitrogens with one attached hydrogen (secondary N) is 1. The number of likely N-dealkylation sites (tertiary alicyclic amines) is 1. The number of nitrogens with zero attached hydrogens (tertiary/aromatic N) is 3. The maximum absolute atomic E-state index is 13.6. The first-order valence-corrected chi connectivity index (χ1v) is 12.9. The number of hydrogen-bond acceptors (Lipinski definition) is 8. The molecule has 0 bridgehead atoms. The van der Waals surface area contributed by atoms with Gasteiger partial charge in [0.2, 0.25) is 0 Å². The van der Waals surface area contributed by atoms with Crippen LogP contribution in [0.15, 0.2) is 6.07 Å². The number of aromatic nitrogens is 2. The fourth-order valence-electron chi connectivity index (χ4n) is 5.11. The number of rotatable bonds is 8. The molecule has 0 spiro atoms. The summed E-state index contributed by atoms with van der Waals surface area (Å²) in [5.41, 5.74) is -2.20. The predicted octanol–water partition coefficient (Wildman–Crippen LogP) is 2.17. The van der Waals surface area contributed by atoms with Crippen LogP contribution in [0.3, 0.4) is 0 Å². The number of carboxylic acids is 3. The molecule has 2 unspecified atom stereocenters. The largest absolute Gasteiger partial charge is 0.481 e. The van der Waals surface area contributed by atoms with Gasteiger partial charge >= 0.3 is 24.1 Å². The minimum absolute atomic E-state index is 0.0304. The molecule has 2 saturated heterocycles. The van der Waals surface area contributed by atoms with Crippen molar-refractivity contribution < 1.29 is 57.5 Å². The highest BCUT2D eigenvalue weighted by atomic mass is 19.4. The van der Waals surface area contributed by atoms with Crippen LogP contribution in [-0.4, -0.2) is 96.0 Å². The van der Waals surface area contributed by atoms with E-state index in [1.165, 1.54) is 0 Å². The van der Waals surface area contributed by atoms with Crippen LogP contribution in [-0.2, 0) is 23.9 Å². The lowest BCUT2D eigenvalue weighted by molar-refractivity contribution is -0.173. The quantitative estimate of drug-likeness (QED) is 0.304. The summed E-state index contributed by atoms with van der Waals surface area (Å²) >= 11 is 0. The Balaban J connectivity index is 0.000000289. The molecule has 4 rings (SSSR count). The number of fused-ring (bicyclic) bond motifs is 1. The van der Waals surface area contributed by atoms with E-state index >= 15 is 0 Å². The van der Waals surface area contributed by atoms with Gasteiger partial charge in [-0.2, -0.15) is 18.3 Å². The van der Waals surface area contributed by atoms with Gasteiger partial charge in [0.05, 0.1) is 24.6 Å². The van der Waals surface area contributed by atoms with E-state index in [4.69, 9.17) is 25.2 Å². The monoisotopic (exact) mass is 578 g/mol. The fraction of sp³-hybridized carbons (Fsp3) is 0.708. The molecule has 4 heterocycles. The second kappa shape index (κ2) is 12.4. The normalized spacial score (nSPS) is 24.5. The van der Waals surface area contributed by atoms with Crippen molar-refractivity contribution in [2.24, 2.45) is 0 Å². The Morgan fingerprint density at radius 3 is 2.25 bits per heavy atom. The van der Waals surface area contributed by atoms with Crippen molar-refractivity contribution in [3.05, 3.63) is 11.8 Å². The summed E-state index contributed by atoms with van der Waals surface area (Å²) in [6, 6.07) is -0.458. The molecule has 3 aliphatic heterocycles. The number of carboxylic acid groups (broad SMARTS) is 3. The molecule has 5 N–H and O–H groups in total. The zero-order valence-electron chi connectivity index (χ0n) is 21.8. The third-order valence-corrected chi connectivity index (χ3v) is 7.15. The molecule has 0 aromatic carbocycles. The van der Waals surface area contributed by atoms with Crippen LogP contribution in [0.1, 0.15) is 76.1 Å². The van der Waals surface area contributed by atoms with Gasteiger partial charge in [-0.1, -0.05) is 6.92 Å². The van der Waals surface area contributed by atoms with E-state index in [0.29, 0.717) is 43.9 Å². The molecule has 4 atom stereocenters. The first-order valence-electron chi connectivity index (χ1n) is 12.9. The number of aliphatic carboxylic acids is 3. The van der Waals surface area contributed by atoms with Crippen molar-refractivity contribution >= 4 is 29.6 Å². The third-order valence-electron chi connectivity index (χ3n) is 7.15. The van der Waals surface area contributed by atoms with E-state index in [1.807, 2.05) is 6.92 Å². The number of carbonyl (C=O) groups is 4. The summed E-state index contributed by atoms with van der Waals surface area (Å²) in [5, 5.41) is 41.3. The molecule has 16 heteroatoms. The maximum atomic E-state index is 13.6. The third kappa shape index (κ3) is 7.21. The van der Waals surface area contributed by atoms with Gasteiger partial charge in [-0.25, -0.2) is 9.48 Å². The van der Waals surface area contributed by atoms with Gasteiger partial charge in [0, 0.05) is 25.3 Å². The van der Waals surface area contributed by atoms with Crippen molar-refractivity contribution in [3.63, 3.8) is 0 Å². The zero-order chi connectivity index (χ0) is 29.8. The molecule has 3 aliphatic rings. The fourth-order valence-corrected chi connectivity index (χ4v) is 5.11.